The summed E-state index contributed by atoms with van der Waals surface area (Å²) >= 11 is 6.05. The fraction of sp³-hybridized carbons (Fsp3) is 0.774. The number of amides is 2. The molecular weight excluding hydrogens is 510 g/mol. The summed E-state index contributed by atoms with van der Waals surface area (Å²) in [4.78, 5) is 24.8. The summed E-state index contributed by atoms with van der Waals surface area (Å²) in [5.74, 6) is -0.0153. The number of nitrogens with zero attached hydrogens (tertiary/aromatic N) is 1. The Morgan fingerprint density at radius 3 is 1.68 bits per heavy atom. The van der Waals surface area contributed by atoms with Gasteiger partial charge in [-0.1, -0.05) is 134 Å². The van der Waals surface area contributed by atoms with Crippen LogP contribution in [-0.4, -0.2) is 29.4 Å². The van der Waals surface area contributed by atoms with E-state index in [-0.39, 0.29) is 5.91 Å². The second kappa shape index (κ2) is 22.6. The van der Waals surface area contributed by atoms with Crippen LogP contribution in [0.15, 0.2) is 30.6 Å². The lowest BCUT2D eigenvalue weighted by atomic mass is 10.0. The van der Waals surface area contributed by atoms with E-state index in [1.54, 1.807) is 4.57 Å². The summed E-state index contributed by atoms with van der Waals surface area (Å²) in [6.07, 6.45) is 26.3. The number of nitrogens with two attached hydrogens (primary N) is 1. The standard InChI is InChI=1S/C31H55N3O2S2/c1-3-5-7-9-10-11-12-13-14-15-16-17-18-20-24-33-30(36)31(28(37)29(32)35,34-25-21-19-22-26-34)38-27-23-8-6-4-2/h19,21-22,25-26,28H,3-18,20,23-24,27H2,1-2H3,(H3-,32,33,35,36,37)/p+1. The Morgan fingerprint density at radius 2 is 1.21 bits per heavy atom. The molecule has 0 fully saturated rings. The molecule has 2 amide bonds. The Labute approximate surface area is 243 Å². The zero-order valence-corrected chi connectivity index (χ0v) is 26.0. The van der Waals surface area contributed by atoms with Gasteiger partial charge in [-0.25, -0.2) is 0 Å². The summed E-state index contributed by atoms with van der Waals surface area (Å²) in [6.45, 7) is 5.05. The van der Waals surface area contributed by atoms with Crippen molar-refractivity contribution in [3.8, 4) is 0 Å². The van der Waals surface area contributed by atoms with Gasteiger partial charge in [0.2, 0.25) is 5.91 Å². The predicted molar refractivity (Wildman–Crippen MR) is 167 cm³/mol. The molecule has 1 heterocycles. The fourth-order valence-corrected chi connectivity index (χ4v) is 6.70. The second-order valence-corrected chi connectivity index (χ2v) is 12.4. The number of carbonyl (C=O) groups excluding carboxylic acids is 2. The third-order valence-electron chi connectivity index (χ3n) is 7.20. The number of nitrogens with one attached hydrogen (secondary N) is 1. The number of primary amides is 1. The monoisotopic (exact) mass is 566 g/mol. The van der Waals surface area contributed by atoms with Crippen LogP contribution >= 0.6 is 24.4 Å². The van der Waals surface area contributed by atoms with E-state index in [1.807, 2.05) is 30.6 Å². The minimum atomic E-state index is -1.21. The normalized spacial score (nSPS) is 13.7. The molecule has 5 nitrogen and oxygen atoms in total. The Morgan fingerprint density at radius 1 is 0.763 bits per heavy atom. The van der Waals surface area contributed by atoms with E-state index < -0.39 is 16.0 Å². The van der Waals surface area contributed by atoms with Crippen LogP contribution < -0.4 is 15.6 Å². The molecule has 3 N–H and O–H groups in total. The van der Waals surface area contributed by atoms with Crippen molar-refractivity contribution in [2.24, 2.45) is 5.73 Å². The molecule has 38 heavy (non-hydrogen) atoms. The third-order valence-corrected chi connectivity index (χ3v) is 9.57. The van der Waals surface area contributed by atoms with Gasteiger partial charge in [0, 0.05) is 24.4 Å². The molecule has 0 saturated carbocycles. The summed E-state index contributed by atoms with van der Waals surface area (Å²) in [5.41, 5.74) is 5.71. The lowest BCUT2D eigenvalue weighted by Gasteiger charge is -2.29. The Kier molecular flexibility index (Phi) is 20.7. The summed E-state index contributed by atoms with van der Waals surface area (Å²) in [6, 6.07) is 5.64. The minimum absolute atomic E-state index is 0.192. The van der Waals surface area contributed by atoms with Gasteiger partial charge in [0.15, 0.2) is 17.6 Å². The molecule has 2 unspecified atom stereocenters. The van der Waals surface area contributed by atoms with Crippen LogP contribution in [0.3, 0.4) is 0 Å². The first-order valence-corrected chi connectivity index (χ1v) is 16.9. The molecule has 0 aliphatic heterocycles. The number of hydrogen-bond donors (Lipinski definition) is 3. The molecule has 0 aliphatic carbocycles. The van der Waals surface area contributed by atoms with Crippen LogP contribution in [0.1, 0.15) is 129 Å². The number of rotatable bonds is 25. The van der Waals surface area contributed by atoms with Gasteiger partial charge in [-0.05, 0) is 12.8 Å². The topological polar surface area (TPSA) is 76.1 Å². The van der Waals surface area contributed by atoms with Gasteiger partial charge < -0.3 is 11.1 Å². The molecule has 0 bridgehead atoms. The molecule has 0 aliphatic rings. The average molecular weight is 567 g/mol. The van der Waals surface area contributed by atoms with Crippen molar-refractivity contribution in [3.63, 3.8) is 0 Å². The van der Waals surface area contributed by atoms with E-state index in [4.69, 9.17) is 5.73 Å². The first-order chi connectivity index (χ1) is 18.5. The van der Waals surface area contributed by atoms with Crippen LogP contribution in [0.5, 0.6) is 0 Å². The van der Waals surface area contributed by atoms with E-state index in [9.17, 15) is 9.59 Å². The third kappa shape index (κ3) is 13.7. The Hall–Kier alpha value is -1.21. The van der Waals surface area contributed by atoms with Gasteiger partial charge in [-0.15, -0.1) is 0 Å². The summed E-state index contributed by atoms with van der Waals surface area (Å²) < 4.78 is 1.81. The minimum Gasteiger partial charge on any atom is -0.368 e. The van der Waals surface area contributed by atoms with E-state index in [0.29, 0.717) is 6.54 Å². The summed E-state index contributed by atoms with van der Waals surface area (Å²) in [7, 11) is 0. The lowest BCUT2D eigenvalue weighted by Crippen LogP contribution is -2.69. The van der Waals surface area contributed by atoms with E-state index in [1.165, 1.54) is 88.8 Å². The fourth-order valence-electron chi connectivity index (χ4n) is 4.82. The van der Waals surface area contributed by atoms with Gasteiger partial charge in [0.05, 0.1) is 0 Å². The smallest absolute Gasteiger partial charge is 0.312 e. The predicted octanol–water partition coefficient (Wildman–Crippen LogP) is 7.32. The number of pyridine rings is 1. The van der Waals surface area contributed by atoms with Crippen LogP contribution in [0.4, 0.5) is 0 Å². The highest BCUT2D eigenvalue weighted by Gasteiger charge is 2.56. The highest BCUT2D eigenvalue weighted by atomic mass is 32.2. The van der Waals surface area contributed by atoms with Gasteiger partial charge in [0.1, 0.15) is 0 Å². The highest BCUT2D eigenvalue weighted by molar-refractivity contribution is 8.01. The maximum absolute atomic E-state index is 13.7. The van der Waals surface area contributed by atoms with E-state index in [2.05, 4.69) is 31.8 Å². The van der Waals surface area contributed by atoms with Gasteiger partial charge >= 0.3 is 10.8 Å². The van der Waals surface area contributed by atoms with Crippen LogP contribution in [0, 0.1) is 0 Å². The first kappa shape index (κ1) is 34.8. The first-order valence-electron chi connectivity index (χ1n) is 15.4. The number of thioether (sulfide) groups is 1. The maximum Gasteiger partial charge on any atom is 0.312 e. The lowest BCUT2D eigenvalue weighted by molar-refractivity contribution is -0.721. The van der Waals surface area contributed by atoms with Crippen molar-refractivity contribution in [2.75, 3.05) is 12.3 Å². The van der Waals surface area contributed by atoms with Gasteiger partial charge in [-0.3, -0.25) is 9.59 Å². The quantitative estimate of drug-likeness (QED) is 0.0659. The zero-order valence-electron chi connectivity index (χ0n) is 24.3. The Balaban J connectivity index is 2.45. The van der Waals surface area contributed by atoms with E-state index >= 15 is 0 Å². The van der Waals surface area contributed by atoms with Crippen LogP contribution in [0.25, 0.3) is 0 Å². The molecule has 7 heteroatoms. The van der Waals surface area contributed by atoms with Gasteiger partial charge in [0.25, 0.3) is 0 Å². The van der Waals surface area contributed by atoms with Crippen molar-refractivity contribution in [3.05, 3.63) is 30.6 Å². The zero-order chi connectivity index (χ0) is 27.9. The molecule has 0 saturated heterocycles. The van der Waals surface area contributed by atoms with E-state index in [0.717, 1.165) is 44.3 Å². The number of carbonyl (C=O) groups is 2. The van der Waals surface area contributed by atoms with Crippen molar-refractivity contribution >= 4 is 36.2 Å². The maximum atomic E-state index is 13.7. The number of aromatic nitrogens is 1. The van der Waals surface area contributed by atoms with Crippen molar-refractivity contribution < 1.29 is 14.2 Å². The molecular formula is C31H56N3O2S2+. The summed E-state index contributed by atoms with van der Waals surface area (Å²) in [5, 5.41) is 2.17. The highest BCUT2D eigenvalue weighted by Crippen LogP contribution is 2.34. The molecule has 218 valence electrons. The van der Waals surface area contributed by atoms with Crippen molar-refractivity contribution in [1.82, 2.24) is 5.32 Å². The number of thiol groups is 1. The Bertz CT molecular complexity index is 735. The largest absolute Gasteiger partial charge is 0.368 e. The molecule has 0 aromatic carbocycles. The molecule has 2 atom stereocenters. The van der Waals surface area contributed by atoms with Crippen LogP contribution in [-0.2, 0) is 14.5 Å². The molecule has 1 rings (SSSR count). The van der Waals surface area contributed by atoms with Gasteiger partial charge in [-0.2, -0.15) is 17.2 Å². The average Bonchev–Trinajstić information content (AvgIpc) is 2.93. The number of unbranched alkanes of at least 4 members (excludes halogenated alkanes) is 16. The second-order valence-electron chi connectivity index (χ2n) is 10.5. The van der Waals surface area contributed by atoms with Crippen LogP contribution in [0.2, 0.25) is 0 Å². The molecule has 0 spiro atoms. The molecule has 0 radical (unpaired) electrons. The van der Waals surface area contributed by atoms with Crippen molar-refractivity contribution in [1.29, 1.82) is 0 Å². The molecule has 1 aromatic rings. The SMILES string of the molecule is CCCCCCCCCCCCCCCCNC(=O)C(SCCCCCC)(C(S)C(N)=O)[n+]1ccccc1. The van der Waals surface area contributed by atoms with Crippen molar-refractivity contribution in [2.45, 2.75) is 140 Å². The molecule has 1 aromatic heterocycles. The number of hydrogen-bond acceptors (Lipinski definition) is 4.